The molecule has 0 aromatic carbocycles. The zero-order chi connectivity index (χ0) is 58.5. The van der Waals surface area contributed by atoms with Crippen LogP contribution in [-0.4, -0.2) is 37.2 Å². The monoisotopic (exact) mass is 1120 g/mol. The van der Waals surface area contributed by atoms with Crippen LogP contribution in [0.15, 0.2) is 122 Å². The normalized spacial score (nSPS) is 12.9. The van der Waals surface area contributed by atoms with Crippen molar-refractivity contribution in [3.8, 4) is 0 Å². The lowest BCUT2D eigenvalue weighted by Crippen LogP contribution is -2.30. The highest BCUT2D eigenvalue weighted by molar-refractivity contribution is 5.71. The van der Waals surface area contributed by atoms with Gasteiger partial charge < -0.3 is 14.2 Å². The summed E-state index contributed by atoms with van der Waals surface area (Å²) in [5, 5.41) is 0. The molecular formula is C75H126O6. The van der Waals surface area contributed by atoms with E-state index in [1.165, 1.54) is 128 Å². The van der Waals surface area contributed by atoms with Crippen LogP contribution in [0.1, 0.15) is 316 Å². The minimum Gasteiger partial charge on any atom is -0.462 e. The van der Waals surface area contributed by atoms with Crippen molar-refractivity contribution in [3.63, 3.8) is 0 Å². The Kier molecular flexibility index (Phi) is 64.8. The van der Waals surface area contributed by atoms with Crippen molar-refractivity contribution in [1.29, 1.82) is 0 Å². The van der Waals surface area contributed by atoms with Crippen molar-refractivity contribution in [2.45, 2.75) is 322 Å². The molecule has 0 bridgehead atoms. The number of carbonyl (C=O) groups is 3. The van der Waals surface area contributed by atoms with Crippen molar-refractivity contribution in [3.05, 3.63) is 122 Å². The van der Waals surface area contributed by atoms with Crippen LogP contribution in [0.3, 0.4) is 0 Å². The summed E-state index contributed by atoms with van der Waals surface area (Å²) in [5.41, 5.74) is 0. The molecular weight excluding hydrogens is 997 g/mol. The van der Waals surface area contributed by atoms with Gasteiger partial charge in [-0.3, -0.25) is 14.4 Å². The van der Waals surface area contributed by atoms with Gasteiger partial charge in [0, 0.05) is 19.3 Å². The van der Waals surface area contributed by atoms with Gasteiger partial charge in [-0.05, 0) is 128 Å². The zero-order valence-electron chi connectivity index (χ0n) is 53.0. The quantitative estimate of drug-likeness (QED) is 0.0261. The van der Waals surface area contributed by atoms with E-state index in [0.29, 0.717) is 19.3 Å². The molecule has 0 aliphatic rings. The van der Waals surface area contributed by atoms with Gasteiger partial charge in [0.2, 0.25) is 0 Å². The molecule has 0 fully saturated rings. The average molecular weight is 1120 g/mol. The first-order chi connectivity index (χ1) is 40.0. The number of allylic oxidation sites excluding steroid dienone is 20. The molecule has 6 heteroatoms. The SMILES string of the molecule is CC/C=C\C/C=C\C/C=C\C/C=C\C/C=C\C/C=C\CCCCCCCCC(=O)OCC(COC(=O)CCCCCCC/C=C\C/C=C\CCC)OC(=O)CCCCCCCCCCCCCCC/C=C\C/C=C\CCCCCCC. The lowest BCUT2D eigenvalue weighted by Gasteiger charge is -2.18. The van der Waals surface area contributed by atoms with Crippen LogP contribution in [0.2, 0.25) is 0 Å². The summed E-state index contributed by atoms with van der Waals surface area (Å²) < 4.78 is 16.9. The molecule has 0 spiro atoms. The lowest BCUT2D eigenvalue weighted by atomic mass is 10.0. The minimum absolute atomic E-state index is 0.0916. The van der Waals surface area contributed by atoms with Crippen molar-refractivity contribution in [2.75, 3.05) is 13.2 Å². The van der Waals surface area contributed by atoms with E-state index in [2.05, 4.69) is 142 Å². The van der Waals surface area contributed by atoms with Gasteiger partial charge in [0.05, 0.1) is 0 Å². The summed E-state index contributed by atoms with van der Waals surface area (Å²) in [6.07, 6.45) is 95.0. The van der Waals surface area contributed by atoms with Gasteiger partial charge in [-0.15, -0.1) is 0 Å². The van der Waals surface area contributed by atoms with Gasteiger partial charge in [-0.25, -0.2) is 0 Å². The predicted molar refractivity (Wildman–Crippen MR) is 353 cm³/mol. The molecule has 0 aromatic heterocycles. The number of carbonyl (C=O) groups excluding carboxylic acids is 3. The molecule has 6 nitrogen and oxygen atoms in total. The topological polar surface area (TPSA) is 78.9 Å². The predicted octanol–water partition coefficient (Wildman–Crippen LogP) is 23.6. The van der Waals surface area contributed by atoms with E-state index < -0.39 is 6.10 Å². The third-order valence-corrected chi connectivity index (χ3v) is 14.4. The Balaban J connectivity index is 4.35. The summed E-state index contributed by atoms with van der Waals surface area (Å²) in [6, 6.07) is 0. The van der Waals surface area contributed by atoms with E-state index in [9.17, 15) is 14.4 Å². The second-order valence-electron chi connectivity index (χ2n) is 22.3. The largest absolute Gasteiger partial charge is 0.462 e. The molecule has 1 unspecified atom stereocenters. The Bertz CT molecular complexity index is 1670. The van der Waals surface area contributed by atoms with E-state index >= 15 is 0 Å². The van der Waals surface area contributed by atoms with Crippen LogP contribution >= 0.6 is 0 Å². The van der Waals surface area contributed by atoms with Crippen LogP contribution in [0.25, 0.3) is 0 Å². The van der Waals surface area contributed by atoms with Crippen LogP contribution < -0.4 is 0 Å². The fourth-order valence-corrected chi connectivity index (χ4v) is 9.34. The first-order valence-electron chi connectivity index (χ1n) is 34.0. The highest BCUT2D eigenvalue weighted by Gasteiger charge is 2.19. The smallest absolute Gasteiger partial charge is 0.306 e. The maximum atomic E-state index is 12.9. The second kappa shape index (κ2) is 68.3. The molecule has 0 aromatic rings. The summed E-state index contributed by atoms with van der Waals surface area (Å²) in [7, 11) is 0. The van der Waals surface area contributed by atoms with Crippen molar-refractivity contribution in [1.82, 2.24) is 0 Å². The molecule has 0 N–H and O–H groups in total. The Morgan fingerprint density at radius 3 is 0.802 bits per heavy atom. The maximum Gasteiger partial charge on any atom is 0.306 e. The van der Waals surface area contributed by atoms with Crippen LogP contribution in [-0.2, 0) is 28.6 Å². The number of unbranched alkanes of at least 4 members (excludes halogenated alkanes) is 30. The summed E-state index contributed by atoms with van der Waals surface area (Å²) in [4.78, 5) is 38.4. The van der Waals surface area contributed by atoms with Crippen LogP contribution in [0.5, 0.6) is 0 Å². The Hall–Kier alpha value is -4.19. The summed E-state index contributed by atoms with van der Waals surface area (Å²) in [5.74, 6) is -0.912. The molecule has 0 aliphatic carbocycles. The first-order valence-corrected chi connectivity index (χ1v) is 34.0. The minimum atomic E-state index is -0.795. The standard InChI is InChI=1S/C75H126O6/c1-4-7-10-13-16-19-22-25-27-29-31-33-35-37-39-41-43-45-47-50-53-56-59-62-65-68-74(77)80-71-72(70-79-73(76)67-64-61-58-55-52-49-24-21-18-15-12-9-6-3)81-75(78)69-66-63-60-57-54-51-48-46-44-42-40-38-36-34-32-30-28-26-23-20-17-14-11-8-5-2/h7,10,12,15-16,19,21,23-27,30-33,37,39,43,45,72H,4-6,8-9,11,13-14,17-18,20,22,28-29,34-36,38,40-42,44,46-71H2,1-3H3/b10-7-,15-12-,19-16-,24-21-,26-23-,27-25-,32-30-,33-31-,39-37-,45-43-. The van der Waals surface area contributed by atoms with Gasteiger partial charge >= 0.3 is 17.9 Å². The van der Waals surface area contributed by atoms with E-state index in [4.69, 9.17) is 14.2 Å². The molecule has 462 valence electrons. The first kappa shape index (κ1) is 76.8. The zero-order valence-corrected chi connectivity index (χ0v) is 53.0. The number of esters is 3. The highest BCUT2D eigenvalue weighted by atomic mass is 16.6. The number of hydrogen-bond acceptors (Lipinski definition) is 6. The second-order valence-corrected chi connectivity index (χ2v) is 22.3. The molecule has 81 heavy (non-hydrogen) atoms. The molecule has 0 saturated carbocycles. The van der Waals surface area contributed by atoms with Crippen molar-refractivity contribution >= 4 is 17.9 Å². The van der Waals surface area contributed by atoms with Crippen LogP contribution in [0, 0.1) is 0 Å². The van der Waals surface area contributed by atoms with Gasteiger partial charge in [0.15, 0.2) is 6.10 Å². The Labute approximate surface area is 501 Å². The van der Waals surface area contributed by atoms with E-state index in [1.54, 1.807) is 0 Å². The highest BCUT2D eigenvalue weighted by Crippen LogP contribution is 2.16. The van der Waals surface area contributed by atoms with Gasteiger partial charge in [-0.2, -0.15) is 0 Å². The molecule has 0 rings (SSSR count). The summed E-state index contributed by atoms with van der Waals surface area (Å²) >= 11 is 0. The van der Waals surface area contributed by atoms with Gasteiger partial charge in [0.1, 0.15) is 13.2 Å². The van der Waals surface area contributed by atoms with Crippen molar-refractivity contribution < 1.29 is 28.6 Å². The molecule has 0 radical (unpaired) electrons. The van der Waals surface area contributed by atoms with Crippen LogP contribution in [0.4, 0.5) is 0 Å². The fourth-order valence-electron chi connectivity index (χ4n) is 9.34. The number of ether oxygens (including phenoxy) is 3. The molecule has 1 atom stereocenters. The molecule has 0 saturated heterocycles. The molecule has 0 amide bonds. The molecule has 0 aliphatic heterocycles. The van der Waals surface area contributed by atoms with E-state index in [-0.39, 0.29) is 31.1 Å². The van der Waals surface area contributed by atoms with Crippen molar-refractivity contribution in [2.24, 2.45) is 0 Å². The lowest BCUT2D eigenvalue weighted by molar-refractivity contribution is -0.167. The number of rotatable bonds is 61. The van der Waals surface area contributed by atoms with E-state index in [0.717, 1.165) is 148 Å². The average Bonchev–Trinajstić information content (AvgIpc) is 3.46. The Morgan fingerprint density at radius 2 is 0.506 bits per heavy atom. The van der Waals surface area contributed by atoms with Gasteiger partial charge in [0.25, 0.3) is 0 Å². The fraction of sp³-hybridized carbons (Fsp3) is 0.693. The van der Waals surface area contributed by atoms with Gasteiger partial charge in [-0.1, -0.05) is 290 Å². The maximum absolute atomic E-state index is 12.9. The Morgan fingerprint density at radius 1 is 0.259 bits per heavy atom. The summed E-state index contributed by atoms with van der Waals surface area (Å²) in [6.45, 7) is 6.45. The third-order valence-electron chi connectivity index (χ3n) is 14.4. The number of hydrogen-bond donors (Lipinski definition) is 0. The van der Waals surface area contributed by atoms with E-state index in [1.807, 2.05) is 0 Å². The third kappa shape index (κ3) is 66.5. The molecule has 0 heterocycles.